The highest BCUT2D eigenvalue weighted by molar-refractivity contribution is 8.03. The molecule has 0 saturated heterocycles. The van der Waals surface area contributed by atoms with Crippen molar-refractivity contribution < 1.29 is 23.5 Å². The van der Waals surface area contributed by atoms with Crippen LogP contribution in [0.4, 0.5) is 5.69 Å². The van der Waals surface area contributed by atoms with E-state index in [1.54, 1.807) is 74.7 Å². The number of ether oxygens (including phenoxy) is 2. The van der Waals surface area contributed by atoms with Gasteiger partial charge in [-0.3, -0.25) is 9.59 Å². The van der Waals surface area contributed by atoms with Gasteiger partial charge in [0.25, 0.3) is 0 Å². The number of carbonyl (C=O) groups excluding carboxylic acids is 2. The zero-order valence-electron chi connectivity index (χ0n) is 20.6. The molecular formula is C28H25N3O5S. The molecule has 0 spiro atoms. The third-order valence-electron chi connectivity index (χ3n) is 5.97. The number of thioether (sulfide) groups is 1. The molecule has 2 aromatic carbocycles. The van der Waals surface area contributed by atoms with Crippen LogP contribution in [0.5, 0.6) is 11.5 Å². The minimum absolute atomic E-state index is 0.0760. The molecule has 1 aliphatic heterocycles. The smallest absolute Gasteiger partial charge is 0.234 e. The second kappa shape index (κ2) is 11.6. The van der Waals surface area contributed by atoms with E-state index in [2.05, 4.69) is 16.4 Å². The highest BCUT2D eigenvalue weighted by Gasteiger charge is 2.41. The quantitative estimate of drug-likeness (QED) is 0.376. The van der Waals surface area contributed by atoms with Crippen LogP contribution < -0.4 is 14.8 Å². The summed E-state index contributed by atoms with van der Waals surface area (Å²) in [7, 11) is 3.09. The molecule has 1 amide bonds. The Balaban J connectivity index is 1.62. The van der Waals surface area contributed by atoms with Gasteiger partial charge < -0.3 is 19.2 Å². The molecule has 2 heterocycles. The molecule has 0 radical (unpaired) electrons. The van der Waals surface area contributed by atoms with Gasteiger partial charge in [0.05, 0.1) is 55.4 Å². The third kappa shape index (κ3) is 5.60. The Morgan fingerprint density at radius 1 is 1.08 bits per heavy atom. The summed E-state index contributed by atoms with van der Waals surface area (Å²) in [6.45, 7) is 1.74. The van der Waals surface area contributed by atoms with Crippen LogP contribution in [0.3, 0.4) is 0 Å². The lowest BCUT2D eigenvalue weighted by atomic mass is 9.79. The van der Waals surface area contributed by atoms with Crippen LogP contribution in [0.2, 0.25) is 0 Å². The molecule has 0 saturated carbocycles. The number of hydrogen-bond donors (Lipinski definition) is 1. The van der Waals surface area contributed by atoms with E-state index in [1.807, 2.05) is 0 Å². The van der Waals surface area contributed by atoms with Crippen molar-refractivity contribution in [2.24, 2.45) is 10.9 Å². The zero-order chi connectivity index (χ0) is 26.4. The molecule has 1 unspecified atom stereocenters. The lowest BCUT2D eigenvalue weighted by molar-refractivity contribution is -0.118. The number of rotatable bonds is 9. The molecule has 8 nitrogen and oxygen atoms in total. The fourth-order valence-corrected chi connectivity index (χ4v) is 5.10. The molecule has 4 rings (SSSR count). The molecule has 9 heteroatoms. The van der Waals surface area contributed by atoms with E-state index in [4.69, 9.17) is 13.9 Å². The summed E-state index contributed by atoms with van der Waals surface area (Å²) in [5.74, 6) is -0.255. The third-order valence-corrected chi connectivity index (χ3v) is 6.96. The SMILES string of the molecule is COc1ccc(C(=O)CSC2=C(C#N)[C@H](c3ccco3)C(C(=O)Nc3ccccc3OC)C(C)=N2)cc1. The molecule has 3 aromatic rings. The number of aliphatic imine (C=N–C) groups is 1. The minimum atomic E-state index is -0.799. The van der Waals surface area contributed by atoms with Crippen LogP contribution in [0, 0.1) is 17.2 Å². The van der Waals surface area contributed by atoms with E-state index >= 15 is 0 Å². The van der Waals surface area contributed by atoms with Crippen molar-refractivity contribution in [3.05, 3.63) is 88.9 Å². The van der Waals surface area contributed by atoms with Gasteiger partial charge in [-0.05, 0) is 55.5 Å². The monoisotopic (exact) mass is 515 g/mol. The van der Waals surface area contributed by atoms with E-state index in [1.165, 1.54) is 25.1 Å². The van der Waals surface area contributed by atoms with Gasteiger partial charge in [0, 0.05) is 11.3 Å². The van der Waals surface area contributed by atoms with Gasteiger partial charge in [0.2, 0.25) is 5.91 Å². The van der Waals surface area contributed by atoms with Crippen LogP contribution in [0.1, 0.15) is 29.0 Å². The van der Waals surface area contributed by atoms with Crippen LogP contribution >= 0.6 is 11.8 Å². The number of ketones is 1. The maximum atomic E-state index is 13.5. The van der Waals surface area contributed by atoms with Crippen LogP contribution in [0.15, 0.2) is 86.9 Å². The first-order valence-electron chi connectivity index (χ1n) is 11.4. The number of Topliss-reactive ketones (excluding diaryl/α,β-unsaturated/α-hetero) is 1. The Labute approximate surface area is 219 Å². The van der Waals surface area contributed by atoms with E-state index in [9.17, 15) is 14.9 Å². The number of nitrogens with zero attached hydrogens (tertiary/aromatic N) is 2. The highest BCUT2D eigenvalue weighted by Crippen LogP contribution is 2.42. The number of benzene rings is 2. The number of hydrogen-bond acceptors (Lipinski definition) is 8. The average molecular weight is 516 g/mol. The van der Waals surface area contributed by atoms with Gasteiger partial charge in [-0.15, -0.1) is 0 Å². The van der Waals surface area contributed by atoms with Gasteiger partial charge in [-0.25, -0.2) is 4.99 Å². The van der Waals surface area contributed by atoms with Crippen molar-refractivity contribution in [3.63, 3.8) is 0 Å². The zero-order valence-corrected chi connectivity index (χ0v) is 21.4. The first-order chi connectivity index (χ1) is 18.0. The minimum Gasteiger partial charge on any atom is -0.497 e. The number of amides is 1. The van der Waals surface area contributed by atoms with Crippen LogP contribution in [-0.4, -0.2) is 37.4 Å². The van der Waals surface area contributed by atoms with Crippen molar-refractivity contribution in [2.45, 2.75) is 12.8 Å². The largest absolute Gasteiger partial charge is 0.497 e. The predicted octanol–water partition coefficient (Wildman–Crippen LogP) is 5.46. The Kier molecular flexibility index (Phi) is 8.11. The van der Waals surface area contributed by atoms with Crippen LogP contribution in [0.25, 0.3) is 0 Å². The summed E-state index contributed by atoms with van der Waals surface area (Å²) in [4.78, 5) is 30.9. The fraction of sp³-hybridized carbons (Fsp3) is 0.214. The molecule has 1 aliphatic rings. The first kappa shape index (κ1) is 25.8. The second-order valence-corrected chi connectivity index (χ2v) is 9.15. The normalized spacial score (nSPS) is 17.0. The summed E-state index contributed by atoms with van der Waals surface area (Å²) in [6.07, 6.45) is 1.50. The maximum absolute atomic E-state index is 13.5. The standard InChI is InChI=1S/C28H25N3O5S/c1-17-25(27(33)31-21-7-4-5-8-23(21)35-3)26(24-9-6-14-36-24)20(15-29)28(30-17)37-16-22(32)18-10-12-19(34-2)13-11-18/h4-14,25-26H,16H2,1-3H3,(H,31,33)/t25?,26-/m1/s1. The lowest BCUT2D eigenvalue weighted by Gasteiger charge is -2.29. The van der Waals surface area contributed by atoms with Crippen molar-refractivity contribution in [1.29, 1.82) is 5.26 Å². The number of nitrogens with one attached hydrogen (secondary N) is 1. The van der Waals surface area contributed by atoms with Gasteiger partial charge in [-0.1, -0.05) is 23.9 Å². The van der Waals surface area contributed by atoms with E-state index < -0.39 is 11.8 Å². The topological polar surface area (TPSA) is 114 Å². The van der Waals surface area contributed by atoms with Crippen molar-refractivity contribution in [1.82, 2.24) is 0 Å². The summed E-state index contributed by atoms with van der Waals surface area (Å²) >= 11 is 1.17. The van der Waals surface area contributed by atoms with Gasteiger partial charge in [-0.2, -0.15) is 5.26 Å². The Hall–Kier alpha value is -4.29. The molecule has 1 aromatic heterocycles. The van der Waals surface area contributed by atoms with Crippen molar-refractivity contribution in [3.8, 4) is 17.6 Å². The molecular weight excluding hydrogens is 490 g/mol. The molecule has 37 heavy (non-hydrogen) atoms. The lowest BCUT2D eigenvalue weighted by Crippen LogP contribution is -2.36. The molecule has 1 N–H and O–H groups in total. The van der Waals surface area contributed by atoms with E-state index in [0.717, 1.165) is 0 Å². The van der Waals surface area contributed by atoms with Gasteiger partial charge in [0.15, 0.2) is 5.78 Å². The molecule has 2 atom stereocenters. The highest BCUT2D eigenvalue weighted by atomic mass is 32.2. The van der Waals surface area contributed by atoms with Crippen LogP contribution in [-0.2, 0) is 4.79 Å². The van der Waals surface area contributed by atoms with Crippen molar-refractivity contribution in [2.75, 3.05) is 25.3 Å². The van der Waals surface area contributed by atoms with E-state index in [0.29, 0.717) is 39.3 Å². The number of furan rings is 1. The van der Waals surface area contributed by atoms with Gasteiger partial charge >= 0.3 is 0 Å². The molecule has 188 valence electrons. The number of anilines is 1. The molecule has 0 bridgehead atoms. The summed E-state index contributed by atoms with van der Waals surface area (Å²) in [5.41, 5.74) is 1.81. The number of carbonyl (C=O) groups is 2. The predicted molar refractivity (Wildman–Crippen MR) is 142 cm³/mol. The fourth-order valence-electron chi connectivity index (χ4n) is 4.13. The summed E-state index contributed by atoms with van der Waals surface area (Å²) in [6, 6.07) is 19.6. The Morgan fingerprint density at radius 3 is 2.49 bits per heavy atom. The maximum Gasteiger partial charge on any atom is 0.234 e. The molecule has 0 aliphatic carbocycles. The van der Waals surface area contributed by atoms with E-state index in [-0.39, 0.29) is 23.0 Å². The average Bonchev–Trinajstić information content (AvgIpc) is 3.46. The second-order valence-electron chi connectivity index (χ2n) is 8.18. The molecule has 0 fully saturated rings. The Morgan fingerprint density at radius 2 is 1.84 bits per heavy atom. The first-order valence-corrected chi connectivity index (χ1v) is 12.4. The number of nitriles is 1. The van der Waals surface area contributed by atoms with Crippen molar-refractivity contribution >= 4 is 34.9 Å². The summed E-state index contributed by atoms with van der Waals surface area (Å²) in [5, 5.41) is 13.4. The number of para-hydroxylation sites is 2. The number of methoxy groups -OCH3 is 2. The number of allylic oxidation sites excluding steroid dienone is 1. The van der Waals surface area contributed by atoms with Gasteiger partial charge in [0.1, 0.15) is 22.3 Å². The Bertz CT molecular complexity index is 1390. The summed E-state index contributed by atoms with van der Waals surface area (Å²) < 4.78 is 16.2.